The largest absolute Gasteiger partial charge is 0.507 e. The third-order valence-electron chi connectivity index (χ3n) is 2.31. The van der Waals surface area contributed by atoms with Crippen molar-refractivity contribution in [2.75, 3.05) is 0 Å². The summed E-state index contributed by atoms with van der Waals surface area (Å²) in [5.74, 6) is 0.940. The number of hydrogen-bond acceptors (Lipinski definition) is 5. The molecule has 0 aliphatic rings. The highest BCUT2D eigenvalue weighted by Crippen LogP contribution is 2.20. The fourth-order valence-corrected chi connectivity index (χ4v) is 1.43. The Morgan fingerprint density at radius 2 is 2.25 bits per heavy atom. The van der Waals surface area contributed by atoms with Crippen LogP contribution < -0.4 is 5.32 Å². The van der Waals surface area contributed by atoms with E-state index in [0.29, 0.717) is 24.7 Å². The van der Waals surface area contributed by atoms with Crippen molar-refractivity contribution in [3.05, 3.63) is 35.2 Å². The van der Waals surface area contributed by atoms with Gasteiger partial charge >= 0.3 is 0 Å². The van der Waals surface area contributed by atoms with E-state index < -0.39 is 0 Å². The van der Waals surface area contributed by atoms with Crippen LogP contribution >= 0.6 is 0 Å². The van der Waals surface area contributed by atoms with Crippen molar-refractivity contribution in [3.63, 3.8) is 0 Å². The zero-order valence-corrected chi connectivity index (χ0v) is 8.94. The molecular formula is C10H13N5O. The van der Waals surface area contributed by atoms with Crippen LogP contribution in [0.2, 0.25) is 0 Å². The van der Waals surface area contributed by atoms with Gasteiger partial charge in [-0.15, -0.1) is 10.2 Å². The van der Waals surface area contributed by atoms with E-state index in [1.807, 2.05) is 25.1 Å². The minimum atomic E-state index is 0.336. The number of aryl methyl sites for hydroxylation is 1. The SMILES string of the molecule is Cc1cccc(CNCc2nn[nH]n2)c1O. The number of tetrazole rings is 1. The van der Waals surface area contributed by atoms with Crippen molar-refractivity contribution >= 4 is 0 Å². The molecule has 0 aliphatic carbocycles. The second kappa shape index (κ2) is 4.71. The maximum Gasteiger partial charge on any atom is 0.188 e. The van der Waals surface area contributed by atoms with Crippen LogP contribution in [0, 0.1) is 6.92 Å². The first-order chi connectivity index (χ1) is 7.77. The standard InChI is InChI=1S/C10H13N5O/c1-7-3-2-4-8(10(7)16)5-11-6-9-12-14-15-13-9/h2-4,11,16H,5-6H2,1H3,(H,12,13,14,15). The maximum absolute atomic E-state index is 9.76. The lowest BCUT2D eigenvalue weighted by atomic mass is 10.1. The van der Waals surface area contributed by atoms with Crippen LogP contribution in [0.4, 0.5) is 0 Å². The van der Waals surface area contributed by atoms with Crippen LogP contribution in [0.3, 0.4) is 0 Å². The number of aromatic hydroxyl groups is 1. The van der Waals surface area contributed by atoms with Gasteiger partial charge in [0.05, 0.1) is 6.54 Å². The first-order valence-electron chi connectivity index (χ1n) is 4.98. The predicted molar refractivity (Wildman–Crippen MR) is 57.6 cm³/mol. The monoisotopic (exact) mass is 219 g/mol. The van der Waals surface area contributed by atoms with Crippen LogP contribution in [-0.4, -0.2) is 25.7 Å². The third kappa shape index (κ3) is 2.34. The van der Waals surface area contributed by atoms with E-state index in [-0.39, 0.29) is 0 Å². The van der Waals surface area contributed by atoms with Crippen LogP contribution in [-0.2, 0) is 13.1 Å². The highest BCUT2D eigenvalue weighted by Gasteiger charge is 2.03. The van der Waals surface area contributed by atoms with Crippen LogP contribution in [0.25, 0.3) is 0 Å². The molecule has 1 aromatic carbocycles. The summed E-state index contributed by atoms with van der Waals surface area (Å²) < 4.78 is 0. The van der Waals surface area contributed by atoms with Crippen LogP contribution in [0.1, 0.15) is 17.0 Å². The number of benzene rings is 1. The second-order valence-electron chi connectivity index (χ2n) is 3.51. The van der Waals surface area contributed by atoms with Gasteiger partial charge in [-0.05, 0) is 12.5 Å². The number of para-hydroxylation sites is 1. The van der Waals surface area contributed by atoms with Crippen molar-refractivity contribution in [1.82, 2.24) is 25.9 Å². The molecule has 3 N–H and O–H groups in total. The number of hydrogen-bond donors (Lipinski definition) is 3. The average Bonchev–Trinajstić information content (AvgIpc) is 2.77. The van der Waals surface area contributed by atoms with Gasteiger partial charge in [0.2, 0.25) is 0 Å². The molecule has 1 heterocycles. The summed E-state index contributed by atoms with van der Waals surface area (Å²) in [5, 5.41) is 26.4. The van der Waals surface area contributed by atoms with Crippen molar-refractivity contribution in [3.8, 4) is 5.75 Å². The van der Waals surface area contributed by atoms with Crippen LogP contribution in [0.15, 0.2) is 18.2 Å². The van der Waals surface area contributed by atoms with Crippen molar-refractivity contribution in [2.45, 2.75) is 20.0 Å². The van der Waals surface area contributed by atoms with Crippen molar-refractivity contribution in [1.29, 1.82) is 0 Å². The first-order valence-corrected chi connectivity index (χ1v) is 4.98. The number of phenolic OH excluding ortho intramolecular Hbond substituents is 1. The van der Waals surface area contributed by atoms with Gasteiger partial charge in [-0.25, -0.2) is 0 Å². The number of rotatable bonds is 4. The number of nitrogens with zero attached hydrogens (tertiary/aromatic N) is 3. The maximum atomic E-state index is 9.76. The summed E-state index contributed by atoms with van der Waals surface area (Å²) in [5.41, 5.74) is 1.74. The van der Waals surface area contributed by atoms with Gasteiger partial charge in [0.1, 0.15) is 5.75 Å². The quantitative estimate of drug-likeness (QED) is 0.697. The summed E-state index contributed by atoms with van der Waals surface area (Å²) >= 11 is 0. The van der Waals surface area contributed by atoms with Crippen molar-refractivity contribution in [2.24, 2.45) is 0 Å². The molecule has 2 rings (SSSR count). The van der Waals surface area contributed by atoms with E-state index in [1.165, 1.54) is 0 Å². The van der Waals surface area contributed by atoms with E-state index in [0.717, 1.165) is 11.1 Å². The Balaban J connectivity index is 1.92. The Morgan fingerprint density at radius 1 is 1.38 bits per heavy atom. The van der Waals surface area contributed by atoms with Crippen LogP contribution in [0.5, 0.6) is 5.75 Å². The molecule has 2 aromatic rings. The third-order valence-corrected chi connectivity index (χ3v) is 2.31. The molecule has 0 fully saturated rings. The van der Waals surface area contributed by atoms with Gasteiger partial charge in [-0.2, -0.15) is 5.21 Å². The summed E-state index contributed by atoms with van der Waals surface area (Å²) in [7, 11) is 0. The van der Waals surface area contributed by atoms with Gasteiger partial charge in [0.25, 0.3) is 0 Å². The Labute approximate surface area is 92.7 Å². The number of aromatic amines is 1. The van der Waals surface area contributed by atoms with Gasteiger partial charge in [-0.3, -0.25) is 0 Å². The lowest BCUT2D eigenvalue weighted by Crippen LogP contribution is -2.14. The molecule has 84 valence electrons. The summed E-state index contributed by atoms with van der Waals surface area (Å²) in [6, 6.07) is 5.67. The highest BCUT2D eigenvalue weighted by atomic mass is 16.3. The smallest absolute Gasteiger partial charge is 0.188 e. The highest BCUT2D eigenvalue weighted by molar-refractivity contribution is 5.39. The van der Waals surface area contributed by atoms with E-state index in [4.69, 9.17) is 0 Å². The summed E-state index contributed by atoms with van der Waals surface area (Å²) in [6.07, 6.45) is 0. The molecule has 0 saturated heterocycles. The minimum Gasteiger partial charge on any atom is -0.507 e. The molecule has 0 spiro atoms. The van der Waals surface area contributed by atoms with Gasteiger partial charge in [-0.1, -0.05) is 23.4 Å². The molecule has 6 nitrogen and oxygen atoms in total. The van der Waals surface area contributed by atoms with Gasteiger partial charge in [0.15, 0.2) is 5.82 Å². The van der Waals surface area contributed by atoms with E-state index in [9.17, 15) is 5.11 Å². The second-order valence-corrected chi connectivity index (χ2v) is 3.51. The molecule has 0 radical (unpaired) electrons. The van der Waals surface area contributed by atoms with E-state index >= 15 is 0 Å². The molecule has 0 atom stereocenters. The lowest BCUT2D eigenvalue weighted by molar-refractivity contribution is 0.460. The molecule has 1 aromatic heterocycles. The molecule has 0 amide bonds. The summed E-state index contributed by atoms with van der Waals surface area (Å²) in [4.78, 5) is 0. The van der Waals surface area contributed by atoms with Crippen molar-refractivity contribution < 1.29 is 5.11 Å². The zero-order valence-electron chi connectivity index (χ0n) is 8.94. The van der Waals surface area contributed by atoms with Gasteiger partial charge in [0, 0.05) is 12.1 Å². The Bertz CT molecular complexity index is 454. The normalized spacial score (nSPS) is 10.6. The Hall–Kier alpha value is -1.95. The number of aromatic nitrogens is 4. The Kier molecular flexibility index (Phi) is 3.11. The number of phenols is 1. The average molecular weight is 219 g/mol. The first kappa shape index (κ1) is 10.6. The molecule has 0 aliphatic heterocycles. The van der Waals surface area contributed by atoms with E-state index in [2.05, 4.69) is 25.9 Å². The fraction of sp³-hybridized carbons (Fsp3) is 0.300. The Morgan fingerprint density at radius 3 is 3.00 bits per heavy atom. The predicted octanol–water partition coefficient (Wildman–Crippen LogP) is 0.504. The minimum absolute atomic E-state index is 0.336. The zero-order chi connectivity index (χ0) is 11.4. The number of H-pyrrole nitrogens is 1. The van der Waals surface area contributed by atoms with E-state index in [1.54, 1.807) is 0 Å². The molecule has 0 unspecified atom stereocenters. The number of nitrogens with one attached hydrogen (secondary N) is 2. The molecule has 0 saturated carbocycles. The molecule has 16 heavy (non-hydrogen) atoms. The summed E-state index contributed by atoms with van der Waals surface area (Å²) in [6.45, 7) is 2.96. The molecular weight excluding hydrogens is 206 g/mol. The fourth-order valence-electron chi connectivity index (χ4n) is 1.43. The lowest BCUT2D eigenvalue weighted by Gasteiger charge is -2.07. The topological polar surface area (TPSA) is 86.7 Å². The molecule has 0 bridgehead atoms. The van der Waals surface area contributed by atoms with Gasteiger partial charge < -0.3 is 10.4 Å². The molecule has 6 heteroatoms.